The number of rotatable bonds is 17. The van der Waals surface area contributed by atoms with Gasteiger partial charge >= 0.3 is 11.9 Å². The molecule has 0 radical (unpaired) electrons. The van der Waals surface area contributed by atoms with Gasteiger partial charge in [-0.25, -0.2) is 9.59 Å². The summed E-state index contributed by atoms with van der Waals surface area (Å²) in [6.07, 6.45) is 18.2. The van der Waals surface area contributed by atoms with Crippen LogP contribution in [-0.4, -0.2) is 24.2 Å². The zero-order valence-corrected chi connectivity index (χ0v) is 22.8. The summed E-state index contributed by atoms with van der Waals surface area (Å²) in [6.45, 7) is 12.3. The Morgan fingerprint density at radius 1 is 1.00 bits per heavy atom. The number of ether oxygens (including phenoxy) is 1. The monoisotopic (exact) mass is 496 g/mol. The van der Waals surface area contributed by atoms with E-state index in [9.17, 15) is 14.7 Å². The highest BCUT2D eigenvalue weighted by Gasteiger charge is 2.14. The summed E-state index contributed by atoms with van der Waals surface area (Å²) in [7, 11) is 1.42. The zero-order valence-electron chi connectivity index (χ0n) is 22.8. The summed E-state index contributed by atoms with van der Waals surface area (Å²) in [4.78, 5) is 23.8. The van der Waals surface area contributed by atoms with Crippen molar-refractivity contribution in [1.82, 2.24) is 0 Å². The lowest BCUT2D eigenvalue weighted by Crippen LogP contribution is -2.08. The molecule has 0 bridgehead atoms. The Kier molecular flexibility index (Phi) is 14.9. The van der Waals surface area contributed by atoms with Crippen molar-refractivity contribution >= 4 is 11.9 Å². The molecule has 0 fully saturated rings. The minimum atomic E-state index is -0.833. The molecule has 0 saturated heterocycles. The number of methoxy groups -OCH3 is 1. The van der Waals surface area contributed by atoms with Crippen LogP contribution >= 0.6 is 0 Å². The fourth-order valence-electron chi connectivity index (χ4n) is 3.89. The maximum absolute atomic E-state index is 12.3. The van der Waals surface area contributed by atoms with Gasteiger partial charge in [-0.05, 0) is 103 Å². The molecule has 1 heterocycles. The second-order valence-corrected chi connectivity index (χ2v) is 9.65. The minimum absolute atomic E-state index is 0.260. The number of hydrogen-bond acceptors (Lipinski definition) is 4. The molecule has 0 amide bonds. The van der Waals surface area contributed by atoms with Gasteiger partial charge in [0.15, 0.2) is 0 Å². The smallest absolute Gasteiger partial charge is 0.333 e. The van der Waals surface area contributed by atoms with Gasteiger partial charge in [-0.2, -0.15) is 0 Å². The number of aliphatic carboxylic acids is 1. The summed E-state index contributed by atoms with van der Waals surface area (Å²) in [5.74, 6) is -0.851. The first-order valence-corrected chi connectivity index (χ1v) is 12.8. The topological polar surface area (TPSA) is 76.7 Å². The summed E-state index contributed by atoms with van der Waals surface area (Å²) >= 11 is 0. The average Bonchev–Trinajstić information content (AvgIpc) is 3.34. The summed E-state index contributed by atoms with van der Waals surface area (Å²) in [5.41, 5.74) is 5.81. The molecular formula is C31H44O5. The van der Waals surface area contributed by atoms with Gasteiger partial charge in [0, 0.05) is 11.1 Å². The van der Waals surface area contributed by atoms with Crippen LogP contribution in [0.3, 0.4) is 0 Å². The molecule has 0 aliphatic heterocycles. The van der Waals surface area contributed by atoms with Crippen LogP contribution in [0.4, 0.5) is 0 Å². The van der Waals surface area contributed by atoms with Crippen LogP contribution in [0.5, 0.6) is 0 Å². The van der Waals surface area contributed by atoms with E-state index in [1.54, 1.807) is 12.5 Å². The van der Waals surface area contributed by atoms with Gasteiger partial charge in [0.1, 0.15) is 0 Å². The van der Waals surface area contributed by atoms with Crippen molar-refractivity contribution in [3.63, 3.8) is 0 Å². The third-order valence-electron chi connectivity index (χ3n) is 6.23. The quantitative estimate of drug-likeness (QED) is 0.134. The van der Waals surface area contributed by atoms with Gasteiger partial charge in [-0.1, -0.05) is 47.6 Å². The van der Waals surface area contributed by atoms with Crippen molar-refractivity contribution in [3.8, 4) is 0 Å². The van der Waals surface area contributed by atoms with Crippen molar-refractivity contribution in [3.05, 3.63) is 82.9 Å². The average molecular weight is 497 g/mol. The van der Waals surface area contributed by atoms with Crippen LogP contribution in [0.1, 0.15) is 84.6 Å². The van der Waals surface area contributed by atoms with Crippen LogP contribution in [0.15, 0.2) is 81.8 Å². The van der Waals surface area contributed by atoms with Crippen LogP contribution in [0.25, 0.3) is 0 Å². The highest BCUT2D eigenvalue weighted by atomic mass is 16.5. The fraction of sp³-hybridized carbons (Fsp3) is 0.484. The van der Waals surface area contributed by atoms with Gasteiger partial charge in [-0.15, -0.1) is 0 Å². The zero-order chi connectivity index (χ0) is 26.9. The Hall–Kier alpha value is -3.08. The number of furan rings is 1. The molecule has 1 N–H and O–H groups in total. The Labute approximate surface area is 217 Å². The molecule has 1 rings (SSSR count). The van der Waals surface area contributed by atoms with E-state index in [1.807, 2.05) is 39.0 Å². The molecule has 5 heteroatoms. The Morgan fingerprint density at radius 3 is 2.28 bits per heavy atom. The second kappa shape index (κ2) is 17.4. The molecule has 1 aromatic heterocycles. The van der Waals surface area contributed by atoms with Gasteiger partial charge in [0.25, 0.3) is 0 Å². The Morgan fingerprint density at radius 2 is 1.69 bits per heavy atom. The molecular weight excluding hydrogens is 452 g/mol. The van der Waals surface area contributed by atoms with Crippen molar-refractivity contribution < 1.29 is 23.8 Å². The number of allylic oxidation sites excluding steroid dienone is 7. The Bertz CT molecular complexity index is 953. The van der Waals surface area contributed by atoms with Crippen molar-refractivity contribution in [1.29, 1.82) is 0 Å². The lowest BCUT2D eigenvalue weighted by molar-refractivity contribution is -0.136. The molecule has 0 spiro atoms. The first-order chi connectivity index (χ1) is 17.1. The molecule has 1 atom stereocenters. The van der Waals surface area contributed by atoms with E-state index in [2.05, 4.69) is 25.7 Å². The third-order valence-corrected chi connectivity index (χ3v) is 6.23. The number of carboxylic acids is 1. The van der Waals surface area contributed by atoms with Crippen molar-refractivity contribution in [2.45, 2.75) is 85.5 Å². The summed E-state index contributed by atoms with van der Waals surface area (Å²) < 4.78 is 10.1. The van der Waals surface area contributed by atoms with E-state index >= 15 is 0 Å². The van der Waals surface area contributed by atoms with E-state index in [0.717, 1.165) is 49.7 Å². The van der Waals surface area contributed by atoms with Crippen LogP contribution in [0, 0.1) is 5.92 Å². The molecule has 0 aromatic carbocycles. The summed E-state index contributed by atoms with van der Waals surface area (Å²) in [6, 6.07) is 1.93. The van der Waals surface area contributed by atoms with Crippen LogP contribution in [-0.2, 0) is 20.7 Å². The number of hydrogen-bond donors (Lipinski definition) is 1. The number of aryl methyl sites for hydroxylation is 1. The second-order valence-electron chi connectivity index (χ2n) is 9.65. The first kappa shape index (κ1) is 31.0. The maximum Gasteiger partial charge on any atom is 0.333 e. The number of esters is 1. The highest BCUT2D eigenvalue weighted by Crippen LogP contribution is 2.25. The Balaban J connectivity index is 2.65. The SMILES string of the molecule is C=C(C)C(CC=C(C)CCC=C(CCC=C(C)C)C(=O)O)CCC(=CCCc1ccoc1)C(=O)OC. The third kappa shape index (κ3) is 13.1. The molecule has 0 aliphatic carbocycles. The molecule has 1 unspecified atom stereocenters. The van der Waals surface area contributed by atoms with Crippen LogP contribution < -0.4 is 0 Å². The van der Waals surface area contributed by atoms with Gasteiger partial charge < -0.3 is 14.3 Å². The van der Waals surface area contributed by atoms with Crippen molar-refractivity contribution in [2.75, 3.05) is 7.11 Å². The molecule has 5 nitrogen and oxygen atoms in total. The lowest BCUT2D eigenvalue weighted by atomic mass is 9.89. The fourth-order valence-corrected chi connectivity index (χ4v) is 3.89. The highest BCUT2D eigenvalue weighted by molar-refractivity contribution is 5.88. The number of carboxylic acid groups (broad SMARTS) is 1. The lowest BCUT2D eigenvalue weighted by Gasteiger charge is -2.16. The van der Waals surface area contributed by atoms with E-state index in [4.69, 9.17) is 9.15 Å². The van der Waals surface area contributed by atoms with Crippen molar-refractivity contribution in [2.24, 2.45) is 5.92 Å². The van der Waals surface area contributed by atoms with Crippen LogP contribution in [0.2, 0.25) is 0 Å². The normalized spacial score (nSPS) is 13.3. The first-order valence-electron chi connectivity index (χ1n) is 12.8. The molecule has 1 aromatic rings. The van der Waals surface area contributed by atoms with E-state index in [0.29, 0.717) is 30.4 Å². The van der Waals surface area contributed by atoms with E-state index in [-0.39, 0.29) is 11.9 Å². The molecule has 198 valence electrons. The van der Waals surface area contributed by atoms with E-state index < -0.39 is 5.97 Å². The molecule has 0 saturated carbocycles. The number of carbonyl (C=O) groups is 2. The van der Waals surface area contributed by atoms with Gasteiger partial charge in [0.2, 0.25) is 0 Å². The molecule has 36 heavy (non-hydrogen) atoms. The maximum atomic E-state index is 12.3. The largest absolute Gasteiger partial charge is 0.478 e. The van der Waals surface area contributed by atoms with E-state index in [1.165, 1.54) is 18.3 Å². The standard InChI is InChI=1S/C31H44O5/c1-23(2)10-7-13-28(30(32)33)14-8-11-25(5)16-17-27(24(3)4)18-19-29(31(34)35-6)15-9-12-26-20-21-36-22-26/h10,14-16,20-22,27H,3,7-9,11-13,17-19H2,1-2,4-6H3,(H,32,33). The molecule has 0 aliphatic rings. The van der Waals surface area contributed by atoms with Gasteiger partial charge in [-0.3, -0.25) is 0 Å². The minimum Gasteiger partial charge on any atom is -0.478 e. The van der Waals surface area contributed by atoms with Gasteiger partial charge in [0.05, 0.1) is 19.6 Å². The predicted octanol–water partition coefficient (Wildman–Crippen LogP) is 8.16. The number of carbonyl (C=O) groups excluding carboxylic acids is 1. The predicted molar refractivity (Wildman–Crippen MR) is 147 cm³/mol. The summed E-state index contributed by atoms with van der Waals surface area (Å²) in [5, 5.41) is 9.45.